The van der Waals surface area contributed by atoms with E-state index in [0.29, 0.717) is 18.9 Å². The summed E-state index contributed by atoms with van der Waals surface area (Å²) in [5, 5.41) is 0. The highest BCUT2D eigenvalue weighted by Crippen LogP contribution is 2.61. The Morgan fingerprint density at radius 3 is 2.28 bits per heavy atom. The maximum atomic E-state index is 12.7. The van der Waals surface area contributed by atoms with Gasteiger partial charge in [0.25, 0.3) is 0 Å². The lowest BCUT2D eigenvalue weighted by Gasteiger charge is -2.24. The van der Waals surface area contributed by atoms with Crippen molar-refractivity contribution in [1.82, 2.24) is 0 Å². The maximum Gasteiger partial charge on any atom is 0.337 e. The van der Waals surface area contributed by atoms with Crippen molar-refractivity contribution < 1.29 is 13.6 Å². The van der Waals surface area contributed by atoms with E-state index in [1.165, 1.54) is 0 Å². The molecule has 1 unspecified atom stereocenters. The SMILES string of the molecule is CCOP(=O)(OCC)C(C)c1ccc(C)cc1N. The minimum absolute atomic E-state index is 0.355. The van der Waals surface area contributed by atoms with E-state index >= 15 is 0 Å². The van der Waals surface area contributed by atoms with Crippen molar-refractivity contribution in [1.29, 1.82) is 0 Å². The molecule has 0 spiro atoms. The van der Waals surface area contributed by atoms with Crippen molar-refractivity contribution in [2.45, 2.75) is 33.4 Å². The van der Waals surface area contributed by atoms with E-state index in [0.717, 1.165) is 11.1 Å². The Kier molecular flexibility index (Phi) is 5.39. The number of nitrogen functional groups attached to an aromatic ring is 1. The molecular formula is C13H22NO3P. The van der Waals surface area contributed by atoms with E-state index in [2.05, 4.69) is 0 Å². The highest BCUT2D eigenvalue weighted by Gasteiger charge is 2.34. The van der Waals surface area contributed by atoms with Crippen LogP contribution in [-0.4, -0.2) is 13.2 Å². The molecule has 0 bridgehead atoms. The molecule has 0 radical (unpaired) electrons. The Bertz CT molecular complexity index is 438. The van der Waals surface area contributed by atoms with Gasteiger partial charge in [0.05, 0.1) is 18.9 Å². The summed E-state index contributed by atoms with van der Waals surface area (Å²) in [4.78, 5) is 0. The molecule has 18 heavy (non-hydrogen) atoms. The molecule has 1 rings (SSSR count). The number of aryl methyl sites for hydroxylation is 1. The predicted molar refractivity (Wildman–Crippen MR) is 74.9 cm³/mol. The highest BCUT2D eigenvalue weighted by molar-refractivity contribution is 7.54. The second-order valence-electron chi connectivity index (χ2n) is 4.18. The third-order valence-corrected chi connectivity index (χ3v) is 5.25. The lowest BCUT2D eigenvalue weighted by atomic mass is 10.1. The predicted octanol–water partition coefficient (Wildman–Crippen LogP) is 3.90. The van der Waals surface area contributed by atoms with Gasteiger partial charge in [-0.15, -0.1) is 0 Å². The standard InChI is InChI=1S/C13H22NO3P/c1-5-16-18(15,17-6-2)11(4)12-8-7-10(3)9-13(12)14/h7-9,11H,5-6,14H2,1-4H3. The maximum absolute atomic E-state index is 12.7. The van der Waals surface area contributed by atoms with Crippen LogP contribution in [0.5, 0.6) is 0 Å². The third kappa shape index (κ3) is 3.35. The van der Waals surface area contributed by atoms with Crippen molar-refractivity contribution in [3.8, 4) is 0 Å². The van der Waals surface area contributed by atoms with Gasteiger partial charge in [-0.05, 0) is 44.9 Å². The van der Waals surface area contributed by atoms with Gasteiger partial charge < -0.3 is 14.8 Å². The molecule has 0 heterocycles. The van der Waals surface area contributed by atoms with Crippen LogP contribution in [0.15, 0.2) is 18.2 Å². The second-order valence-corrected chi connectivity index (χ2v) is 6.55. The number of anilines is 1. The van der Waals surface area contributed by atoms with Crippen LogP contribution in [0.3, 0.4) is 0 Å². The minimum Gasteiger partial charge on any atom is -0.398 e. The van der Waals surface area contributed by atoms with Gasteiger partial charge in [-0.2, -0.15) is 0 Å². The number of hydrogen-bond acceptors (Lipinski definition) is 4. The van der Waals surface area contributed by atoms with Crippen molar-refractivity contribution >= 4 is 13.3 Å². The van der Waals surface area contributed by atoms with Crippen molar-refractivity contribution in [3.63, 3.8) is 0 Å². The van der Waals surface area contributed by atoms with Crippen LogP contribution in [0.1, 0.15) is 37.6 Å². The molecule has 1 aromatic rings. The van der Waals surface area contributed by atoms with Gasteiger partial charge in [-0.25, -0.2) is 0 Å². The largest absolute Gasteiger partial charge is 0.398 e. The first-order valence-corrected chi connectivity index (χ1v) is 7.80. The van der Waals surface area contributed by atoms with Crippen LogP contribution in [0, 0.1) is 6.92 Å². The van der Waals surface area contributed by atoms with Gasteiger partial charge in [0.1, 0.15) is 0 Å². The van der Waals surface area contributed by atoms with E-state index in [1.54, 1.807) is 13.8 Å². The molecule has 0 aliphatic rings. The molecule has 0 aromatic heterocycles. The molecule has 5 heteroatoms. The number of hydrogen-bond donors (Lipinski definition) is 1. The Balaban J connectivity index is 3.09. The average Bonchev–Trinajstić information content (AvgIpc) is 2.29. The summed E-state index contributed by atoms with van der Waals surface area (Å²) in [6, 6.07) is 5.71. The van der Waals surface area contributed by atoms with Crippen LogP contribution in [0.2, 0.25) is 0 Å². The zero-order valence-electron chi connectivity index (χ0n) is 11.5. The van der Waals surface area contributed by atoms with Gasteiger partial charge in [0.2, 0.25) is 0 Å². The summed E-state index contributed by atoms with van der Waals surface area (Å²) in [5.41, 5.74) is 8.13. The average molecular weight is 271 g/mol. The first-order valence-electron chi connectivity index (χ1n) is 6.19. The van der Waals surface area contributed by atoms with E-state index in [1.807, 2.05) is 32.0 Å². The fraction of sp³-hybridized carbons (Fsp3) is 0.538. The second kappa shape index (κ2) is 6.37. The summed E-state index contributed by atoms with van der Waals surface area (Å²) < 4.78 is 23.3. The van der Waals surface area contributed by atoms with Crippen LogP contribution in [0.25, 0.3) is 0 Å². The monoisotopic (exact) mass is 271 g/mol. The molecular weight excluding hydrogens is 249 g/mol. The zero-order chi connectivity index (χ0) is 13.8. The molecule has 0 saturated carbocycles. The van der Waals surface area contributed by atoms with Gasteiger partial charge >= 0.3 is 7.60 Å². The number of nitrogens with two attached hydrogens (primary N) is 1. The molecule has 2 N–H and O–H groups in total. The summed E-state index contributed by atoms with van der Waals surface area (Å²) >= 11 is 0. The third-order valence-electron chi connectivity index (χ3n) is 2.78. The van der Waals surface area contributed by atoms with Crippen molar-refractivity contribution in [2.24, 2.45) is 0 Å². The fourth-order valence-electron chi connectivity index (χ4n) is 1.87. The Morgan fingerprint density at radius 1 is 1.28 bits per heavy atom. The smallest absolute Gasteiger partial charge is 0.337 e. The molecule has 0 amide bonds. The van der Waals surface area contributed by atoms with Gasteiger partial charge in [0, 0.05) is 5.69 Å². The molecule has 0 fully saturated rings. The Morgan fingerprint density at radius 2 is 1.83 bits per heavy atom. The molecule has 0 aliphatic heterocycles. The fourth-order valence-corrected chi connectivity index (χ4v) is 3.68. The van der Waals surface area contributed by atoms with E-state index < -0.39 is 7.60 Å². The normalized spacial score (nSPS) is 13.6. The van der Waals surface area contributed by atoms with Gasteiger partial charge in [-0.3, -0.25) is 4.57 Å². The quantitative estimate of drug-likeness (QED) is 0.629. The molecule has 0 aliphatic carbocycles. The lowest BCUT2D eigenvalue weighted by molar-refractivity contribution is 0.213. The first kappa shape index (κ1) is 15.2. The van der Waals surface area contributed by atoms with Crippen molar-refractivity contribution in [3.05, 3.63) is 29.3 Å². The lowest BCUT2D eigenvalue weighted by Crippen LogP contribution is -2.06. The zero-order valence-corrected chi connectivity index (χ0v) is 12.4. The highest BCUT2D eigenvalue weighted by atomic mass is 31.2. The molecule has 102 valence electrons. The van der Waals surface area contributed by atoms with Gasteiger partial charge in [0.15, 0.2) is 0 Å². The Labute approximate surface area is 109 Å². The van der Waals surface area contributed by atoms with Crippen LogP contribution < -0.4 is 5.73 Å². The number of benzene rings is 1. The molecule has 0 saturated heterocycles. The number of rotatable bonds is 6. The van der Waals surface area contributed by atoms with E-state index in [4.69, 9.17) is 14.8 Å². The molecule has 4 nitrogen and oxygen atoms in total. The Hall–Kier alpha value is -0.830. The topological polar surface area (TPSA) is 61.5 Å². The summed E-state index contributed by atoms with van der Waals surface area (Å²) in [6.45, 7) is 8.11. The first-order chi connectivity index (χ1) is 8.44. The summed E-state index contributed by atoms with van der Waals surface area (Å²) in [7, 11) is -3.15. The van der Waals surface area contributed by atoms with Crippen LogP contribution in [-0.2, 0) is 13.6 Å². The van der Waals surface area contributed by atoms with Crippen molar-refractivity contribution in [2.75, 3.05) is 18.9 Å². The summed E-state index contributed by atoms with van der Waals surface area (Å²) in [5.74, 6) is 0. The molecule has 1 atom stereocenters. The van der Waals surface area contributed by atoms with Crippen LogP contribution >= 0.6 is 7.60 Å². The summed E-state index contributed by atoms with van der Waals surface area (Å²) in [6.07, 6.45) is 0. The molecule has 1 aromatic carbocycles. The minimum atomic E-state index is -3.15. The van der Waals surface area contributed by atoms with Crippen LogP contribution in [0.4, 0.5) is 5.69 Å². The van der Waals surface area contributed by atoms with E-state index in [9.17, 15) is 4.57 Å². The van der Waals surface area contributed by atoms with Gasteiger partial charge in [-0.1, -0.05) is 12.1 Å². The van der Waals surface area contributed by atoms with E-state index in [-0.39, 0.29) is 5.66 Å².